The van der Waals surface area contributed by atoms with Crippen LogP contribution in [0.1, 0.15) is 40.0 Å². The molecule has 0 radical (unpaired) electrons. The predicted molar refractivity (Wildman–Crippen MR) is 79.6 cm³/mol. The first kappa shape index (κ1) is 15.8. The van der Waals surface area contributed by atoms with E-state index >= 15 is 0 Å². The zero-order chi connectivity index (χ0) is 14.3. The molecule has 0 fully saturated rings. The molecule has 2 N–H and O–H groups in total. The smallest absolute Gasteiger partial charge is 0.250 e. The van der Waals surface area contributed by atoms with Gasteiger partial charge >= 0.3 is 0 Å². The van der Waals surface area contributed by atoms with E-state index in [1.165, 1.54) is 0 Å². The first-order valence-corrected chi connectivity index (χ1v) is 7.16. The lowest BCUT2D eigenvalue weighted by molar-refractivity contribution is 0.127. The van der Waals surface area contributed by atoms with Crippen LogP contribution in [0.5, 0.6) is 0 Å². The molecule has 0 aliphatic heterocycles. The van der Waals surface area contributed by atoms with E-state index < -0.39 is 0 Å². The van der Waals surface area contributed by atoms with Crippen LogP contribution in [0.3, 0.4) is 0 Å². The van der Waals surface area contributed by atoms with Crippen LogP contribution < -0.4 is 10.9 Å². The Bertz CT molecular complexity index is 428. The number of aryl methyl sites for hydroxylation is 1. The molecule has 0 aliphatic carbocycles. The van der Waals surface area contributed by atoms with Gasteiger partial charge in [-0.1, -0.05) is 20.8 Å². The average Bonchev–Trinajstić information content (AvgIpc) is 2.44. The summed E-state index contributed by atoms with van der Waals surface area (Å²) in [5.74, 6) is 0. The number of hydrogen-bond donors (Lipinski definition) is 2. The zero-order valence-electron chi connectivity index (χ0n) is 12.3. The highest BCUT2D eigenvalue weighted by molar-refractivity contribution is 5.40. The van der Waals surface area contributed by atoms with Crippen molar-refractivity contribution in [1.29, 1.82) is 0 Å². The zero-order valence-corrected chi connectivity index (χ0v) is 12.3. The van der Waals surface area contributed by atoms with Crippen LogP contribution in [0.2, 0.25) is 0 Å². The molecule has 0 spiro atoms. The van der Waals surface area contributed by atoms with Crippen LogP contribution in [0.25, 0.3) is 0 Å². The van der Waals surface area contributed by atoms with Crippen molar-refractivity contribution in [2.45, 2.75) is 46.6 Å². The summed E-state index contributed by atoms with van der Waals surface area (Å²) in [6.07, 6.45) is 4.66. The molecule has 0 aromatic carbocycles. The van der Waals surface area contributed by atoms with Crippen molar-refractivity contribution in [3.63, 3.8) is 0 Å². The van der Waals surface area contributed by atoms with E-state index in [1.807, 2.05) is 12.3 Å². The van der Waals surface area contributed by atoms with Gasteiger partial charge in [0.1, 0.15) is 0 Å². The third kappa shape index (κ3) is 4.10. The second-order valence-electron chi connectivity index (χ2n) is 5.17. The first-order valence-electron chi connectivity index (χ1n) is 7.16. The molecule has 1 aromatic heterocycles. The number of aliphatic hydroxyl groups is 1. The highest BCUT2D eigenvalue weighted by atomic mass is 16.3. The summed E-state index contributed by atoms with van der Waals surface area (Å²) in [4.78, 5) is 11.6. The molecule has 4 nitrogen and oxygen atoms in total. The van der Waals surface area contributed by atoms with Crippen molar-refractivity contribution in [1.82, 2.24) is 4.57 Å². The topological polar surface area (TPSA) is 54.3 Å². The molecule has 0 amide bonds. The predicted octanol–water partition coefficient (Wildman–Crippen LogP) is 2.47. The van der Waals surface area contributed by atoms with Gasteiger partial charge < -0.3 is 15.0 Å². The molecule has 0 unspecified atom stereocenters. The first-order chi connectivity index (χ1) is 9.10. The van der Waals surface area contributed by atoms with Gasteiger partial charge in [-0.25, -0.2) is 0 Å². The summed E-state index contributed by atoms with van der Waals surface area (Å²) in [5, 5.41) is 12.9. The number of aliphatic hydroxyl groups excluding tert-OH is 1. The third-order valence-corrected chi connectivity index (χ3v) is 3.95. The normalized spacial score (nSPS) is 11.6. The lowest BCUT2D eigenvalue weighted by atomic mass is 9.83. The Morgan fingerprint density at radius 1 is 1.26 bits per heavy atom. The standard InChI is InChI=1S/C15H26N2O2/c1-4-9-17-10-13(7-8-14(17)19)16-11-15(5-2,6-3)12-18/h7-8,10,16,18H,4-6,9,11-12H2,1-3H3. The number of nitrogens with zero attached hydrogens (tertiary/aromatic N) is 1. The summed E-state index contributed by atoms with van der Waals surface area (Å²) < 4.78 is 1.72. The lowest BCUT2D eigenvalue weighted by Crippen LogP contribution is -2.32. The van der Waals surface area contributed by atoms with E-state index in [2.05, 4.69) is 26.1 Å². The maximum Gasteiger partial charge on any atom is 0.250 e. The summed E-state index contributed by atoms with van der Waals surface area (Å²) in [6.45, 7) is 7.89. The van der Waals surface area contributed by atoms with Gasteiger partial charge in [-0.2, -0.15) is 0 Å². The minimum atomic E-state index is -0.0777. The summed E-state index contributed by atoms with van der Waals surface area (Å²) >= 11 is 0. The van der Waals surface area contributed by atoms with E-state index in [0.717, 1.165) is 38.0 Å². The van der Waals surface area contributed by atoms with Gasteiger partial charge in [0.05, 0.1) is 12.3 Å². The van der Waals surface area contributed by atoms with E-state index in [-0.39, 0.29) is 17.6 Å². The van der Waals surface area contributed by atoms with E-state index in [1.54, 1.807) is 10.6 Å². The van der Waals surface area contributed by atoms with Crippen LogP contribution in [0.15, 0.2) is 23.1 Å². The van der Waals surface area contributed by atoms with Gasteiger partial charge in [0.25, 0.3) is 5.56 Å². The fourth-order valence-corrected chi connectivity index (χ4v) is 2.12. The Labute approximate surface area is 115 Å². The van der Waals surface area contributed by atoms with Crippen LogP contribution in [0.4, 0.5) is 5.69 Å². The minimum absolute atomic E-state index is 0.0341. The van der Waals surface area contributed by atoms with E-state index in [4.69, 9.17) is 0 Å². The van der Waals surface area contributed by atoms with E-state index in [9.17, 15) is 9.90 Å². The fraction of sp³-hybridized carbons (Fsp3) is 0.667. The summed E-state index contributed by atoms with van der Waals surface area (Å²) in [6, 6.07) is 3.40. The maximum absolute atomic E-state index is 11.6. The average molecular weight is 266 g/mol. The van der Waals surface area contributed by atoms with Crippen LogP contribution in [0, 0.1) is 5.41 Å². The highest BCUT2D eigenvalue weighted by Gasteiger charge is 2.24. The van der Waals surface area contributed by atoms with Crippen LogP contribution in [-0.4, -0.2) is 22.8 Å². The van der Waals surface area contributed by atoms with Gasteiger partial charge in [0.15, 0.2) is 0 Å². The molecule has 0 bridgehead atoms. The SMILES string of the molecule is CCCn1cc(NCC(CC)(CC)CO)ccc1=O. The molecular weight excluding hydrogens is 240 g/mol. The number of nitrogens with one attached hydrogen (secondary N) is 1. The lowest BCUT2D eigenvalue weighted by Gasteiger charge is -2.30. The second kappa shape index (κ2) is 7.34. The van der Waals surface area contributed by atoms with Gasteiger partial charge in [0.2, 0.25) is 0 Å². The van der Waals surface area contributed by atoms with Crippen LogP contribution >= 0.6 is 0 Å². The molecule has 0 atom stereocenters. The molecule has 1 aromatic rings. The fourth-order valence-electron chi connectivity index (χ4n) is 2.12. The van der Waals surface area contributed by atoms with Gasteiger partial charge in [-0.15, -0.1) is 0 Å². The van der Waals surface area contributed by atoms with Gasteiger partial charge in [-0.05, 0) is 25.3 Å². The highest BCUT2D eigenvalue weighted by Crippen LogP contribution is 2.25. The van der Waals surface area contributed by atoms with Crippen molar-refractivity contribution < 1.29 is 5.11 Å². The third-order valence-electron chi connectivity index (χ3n) is 3.95. The Hall–Kier alpha value is -1.29. The number of pyridine rings is 1. The summed E-state index contributed by atoms with van der Waals surface area (Å²) in [7, 11) is 0. The number of aromatic nitrogens is 1. The van der Waals surface area contributed by atoms with Gasteiger partial charge in [-0.3, -0.25) is 4.79 Å². The van der Waals surface area contributed by atoms with Crippen molar-refractivity contribution in [2.24, 2.45) is 5.41 Å². The van der Waals surface area contributed by atoms with E-state index in [0.29, 0.717) is 0 Å². The molecule has 0 saturated carbocycles. The second-order valence-corrected chi connectivity index (χ2v) is 5.17. The van der Waals surface area contributed by atoms with Gasteiger partial charge in [0, 0.05) is 30.8 Å². The van der Waals surface area contributed by atoms with Crippen molar-refractivity contribution in [3.05, 3.63) is 28.7 Å². The molecule has 0 aliphatic rings. The molecule has 1 heterocycles. The maximum atomic E-state index is 11.6. The Morgan fingerprint density at radius 2 is 1.95 bits per heavy atom. The molecular formula is C15H26N2O2. The van der Waals surface area contributed by atoms with Crippen LogP contribution in [-0.2, 0) is 6.54 Å². The minimum Gasteiger partial charge on any atom is -0.396 e. The Kier molecular flexibility index (Phi) is 6.09. The number of anilines is 1. The molecule has 108 valence electrons. The Balaban J connectivity index is 2.77. The van der Waals surface area contributed by atoms with Crippen molar-refractivity contribution in [3.8, 4) is 0 Å². The number of rotatable bonds is 8. The monoisotopic (exact) mass is 266 g/mol. The quantitative estimate of drug-likeness (QED) is 0.760. The van der Waals surface area contributed by atoms with Crippen molar-refractivity contribution in [2.75, 3.05) is 18.5 Å². The molecule has 1 rings (SSSR count). The molecule has 4 heteroatoms. The largest absolute Gasteiger partial charge is 0.396 e. The van der Waals surface area contributed by atoms with Crippen molar-refractivity contribution >= 4 is 5.69 Å². The molecule has 0 saturated heterocycles. The number of hydrogen-bond acceptors (Lipinski definition) is 3. The summed E-state index contributed by atoms with van der Waals surface area (Å²) in [5.41, 5.74) is 0.894. The Morgan fingerprint density at radius 3 is 2.47 bits per heavy atom. The molecule has 19 heavy (non-hydrogen) atoms.